The normalized spacial score (nSPS) is 17.5. The fourth-order valence-corrected chi connectivity index (χ4v) is 5.50. The molecule has 3 aromatic rings. The highest BCUT2D eigenvalue weighted by molar-refractivity contribution is 7.10. The maximum Gasteiger partial charge on any atom is 0.300 e. The Balaban J connectivity index is 1.93. The molecule has 0 bridgehead atoms. The molecule has 2 aromatic carbocycles. The number of thiophene rings is 1. The first-order chi connectivity index (χ1) is 16.6. The van der Waals surface area contributed by atoms with Gasteiger partial charge in [-0.1, -0.05) is 19.9 Å². The lowest BCUT2D eigenvalue weighted by Gasteiger charge is -2.25. The number of carbonyl (C=O) groups excluding carboxylic acids is 2. The van der Waals surface area contributed by atoms with Crippen molar-refractivity contribution in [3.8, 4) is 5.75 Å². The SMILES string of the molecule is CCOc1ccc(/C(O)=C2/C(=O)C(=O)N(c3ccc(C)c(C)c3)C2c2sccc2C)cc1C(C)C. The third kappa shape index (κ3) is 4.39. The molecule has 2 heterocycles. The number of ketones is 1. The van der Waals surface area contributed by atoms with Gasteiger partial charge in [-0.15, -0.1) is 11.3 Å². The van der Waals surface area contributed by atoms with Gasteiger partial charge in [0.2, 0.25) is 0 Å². The Kier molecular flexibility index (Phi) is 6.86. The van der Waals surface area contributed by atoms with Crippen LogP contribution in [0, 0.1) is 20.8 Å². The minimum Gasteiger partial charge on any atom is -0.507 e. The number of hydrogen-bond acceptors (Lipinski definition) is 5. The molecule has 1 unspecified atom stereocenters. The molecular formula is C29H31NO4S. The van der Waals surface area contributed by atoms with Crippen molar-refractivity contribution in [2.24, 2.45) is 0 Å². The first kappa shape index (κ1) is 24.7. The number of aliphatic hydroxyl groups is 1. The van der Waals surface area contributed by atoms with E-state index in [0.29, 0.717) is 17.9 Å². The van der Waals surface area contributed by atoms with Crippen molar-refractivity contribution in [1.82, 2.24) is 0 Å². The number of benzene rings is 2. The van der Waals surface area contributed by atoms with E-state index >= 15 is 0 Å². The van der Waals surface area contributed by atoms with E-state index in [2.05, 4.69) is 13.8 Å². The molecule has 1 saturated heterocycles. The van der Waals surface area contributed by atoms with Crippen LogP contribution in [0.1, 0.15) is 65.4 Å². The van der Waals surface area contributed by atoms with Gasteiger partial charge in [-0.3, -0.25) is 14.5 Å². The number of anilines is 1. The zero-order valence-electron chi connectivity index (χ0n) is 21.0. The largest absolute Gasteiger partial charge is 0.507 e. The van der Waals surface area contributed by atoms with Gasteiger partial charge in [-0.25, -0.2) is 0 Å². The fourth-order valence-electron chi connectivity index (χ4n) is 4.48. The molecule has 5 nitrogen and oxygen atoms in total. The lowest BCUT2D eigenvalue weighted by molar-refractivity contribution is -0.132. The van der Waals surface area contributed by atoms with Gasteiger partial charge in [-0.2, -0.15) is 0 Å². The van der Waals surface area contributed by atoms with Crippen molar-refractivity contribution in [2.45, 2.75) is 53.5 Å². The predicted molar refractivity (Wildman–Crippen MR) is 141 cm³/mol. The molecule has 1 amide bonds. The molecule has 0 aliphatic carbocycles. The van der Waals surface area contributed by atoms with Crippen LogP contribution in [0.3, 0.4) is 0 Å². The van der Waals surface area contributed by atoms with Gasteiger partial charge in [0.15, 0.2) is 0 Å². The lowest BCUT2D eigenvalue weighted by Crippen LogP contribution is -2.29. The molecule has 1 N–H and O–H groups in total. The minimum atomic E-state index is -0.703. The highest BCUT2D eigenvalue weighted by Crippen LogP contribution is 2.45. The highest BCUT2D eigenvalue weighted by atomic mass is 32.1. The number of aliphatic hydroxyl groups excluding tert-OH is 1. The molecule has 0 radical (unpaired) electrons. The summed E-state index contributed by atoms with van der Waals surface area (Å²) in [6.07, 6.45) is 0. The molecule has 0 saturated carbocycles. The Hall–Kier alpha value is -3.38. The number of hydrogen-bond donors (Lipinski definition) is 1. The molecule has 35 heavy (non-hydrogen) atoms. The number of nitrogens with zero attached hydrogens (tertiary/aromatic N) is 1. The minimum absolute atomic E-state index is 0.109. The summed E-state index contributed by atoms with van der Waals surface area (Å²) in [5.74, 6) is -0.587. The average molecular weight is 490 g/mol. The third-order valence-electron chi connectivity index (χ3n) is 6.57. The summed E-state index contributed by atoms with van der Waals surface area (Å²) in [7, 11) is 0. The van der Waals surface area contributed by atoms with E-state index in [4.69, 9.17) is 4.74 Å². The van der Waals surface area contributed by atoms with Crippen molar-refractivity contribution in [3.05, 3.63) is 86.1 Å². The van der Waals surface area contributed by atoms with Crippen molar-refractivity contribution in [1.29, 1.82) is 0 Å². The summed E-state index contributed by atoms with van der Waals surface area (Å²) in [6.45, 7) is 12.5. The van der Waals surface area contributed by atoms with Crippen LogP contribution in [-0.4, -0.2) is 23.4 Å². The molecule has 0 spiro atoms. The van der Waals surface area contributed by atoms with Crippen LogP contribution in [0.2, 0.25) is 0 Å². The van der Waals surface area contributed by atoms with E-state index in [1.165, 1.54) is 16.2 Å². The van der Waals surface area contributed by atoms with Gasteiger partial charge in [0.1, 0.15) is 17.6 Å². The number of ether oxygens (including phenoxy) is 1. The Morgan fingerprint density at radius 2 is 1.77 bits per heavy atom. The molecule has 1 aliphatic heterocycles. The van der Waals surface area contributed by atoms with Crippen LogP contribution in [0.15, 0.2) is 53.4 Å². The Labute approximate surface area is 210 Å². The molecule has 4 rings (SSSR count). The van der Waals surface area contributed by atoms with Crippen molar-refractivity contribution < 1.29 is 19.4 Å². The van der Waals surface area contributed by atoms with Crippen LogP contribution >= 0.6 is 11.3 Å². The van der Waals surface area contributed by atoms with Gasteiger partial charge in [-0.05, 0) is 97.6 Å². The van der Waals surface area contributed by atoms with E-state index in [9.17, 15) is 14.7 Å². The fraction of sp³-hybridized carbons (Fsp3) is 0.310. The average Bonchev–Trinajstić information content (AvgIpc) is 3.36. The quantitative estimate of drug-likeness (QED) is 0.234. The Bertz CT molecular complexity index is 1330. The molecule has 1 fully saturated rings. The molecule has 1 aromatic heterocycles. The van der Waals surface area contributed by atoms with Crippen molar-refractivity contribution in [2.75, 3.05) is 11.5 Å². The van der Waals surface area contributed by atoms with E-state index < -0.39 is 17.7 Å². The third-order valence-corrected chi connectivity index (χ3v) is 7.64. The van der Waals surface area contributed by atoms with Crippen LogP contribution in [0.25, 0.3) is 5.76 Å². The summed E-state index contributed by atoms with van der Waals surface area (Å²) < 4.78 is 5.76. The Morgan fingerprint density at radius 1 is 1.03 bits per heavy atom. The summed E-state index contributed by atoms with van der Waals surface area (Å²) in [5.41, 5.74) is 5.27. The second kappa shape index (κ2) is 9.70. The predicted octanol–water partition coefficient (Wildman–Crippen LogP) is 6.82. The topological polar surface area (TPSA) is 66.8 Å². The number of amides is 1. The van der Waals surface area contributed by atoms with Crippen LogP contribution in [-0.2, 0) is 9.59 Å². The van der Waals surface area contributed by atoms with Crippen LogP contribution in [0.4, 0.5) is 5.69 Å². The van der Waals surface area contributed by atoms with E-state index in [-0.39, 0.29) is 17.3 Å². The van der Waals surface area contributed by atoms with Gasteiger partial charge >= 0.3 is 0 Å². The maximum absolute atomic E-state index is 13.4. The number of aryl methyl sites for hydroxylation is 3. The van der Waals surface area contributed by atoms with E-state index in [0.717, 1.165) is 32.9 Å². The van der Waals surface area contributed by atoms with Gasteiger partial charge in [0, 0.05) is 16.1 Å². The van der Waals surface area contributed by atoms with E-state index in [1.54, 1.807) is 6.07 Å². The van der Waals surface area contributed by atoms with Gasteiger partial charge < -0.3 is 9.84 Å². The number of Topliss-reactive ketones (excluding diaryl/α,β-unsaturated/α-hetero) is 1. The zero-order valence-corrected chi connectivity index (χ0v) is 21.8. The van der Waals surface area contributed by atoms with Gasteiger partial charge in [0.05, 0.1) is 12.2 Å². The molecular weight excluding hydrogens is 458 g/mol. The number of rotatable bonds is 6. The monoisotopic (exact) mass is 489 g/mol. The number of carbonyl (C=O) groups is 2. The van der Waals surface area contributed by atoms with Crippen molar-refractivity contribution in [3.63, 3.8) is 0 Å². The molecule has 1 atom stereocenters. The standard InChI is InChI=1S/C29H31NO4S/c1-7-34-23-11-9-20(15-22(23)16(2)3)26(31)24-25(28-18(5)12-13-35-28)30(29(33)27(24)32)21-10-8-17(4)19(6)14-21/h8-16,25,31H,7H2,1-6H3/b26-24-. The summed E-state index contributed by atoms with van der Waals surface area (Å²) in [6, 6.07) is 12.4. The summed E-state index contributed by atoms with van der Waals surface area (Å²) >= 11 is 1.48. The first-order valence-electron chi connectivity index (χ1n) is 11.8. The molecule has 1 aliphatic rings. The van der Waals surface area contributed by atoms with Gasteiger partial charge in [0.25, 0.3) is 11.7 Å². The second-order valence-electron chi connectivity index (χ2n) is 9.25. The maximum atomic E-state index is 13.4. The van der Waals surface area contributed by atoms with Crippen LogP contribution < -0.4 is 9.64 Å². The molecule has 182 valence electrons. The van der Waals surface area contributed by atoms with Crippen LogP contribution in [0.5, 0.6) is 5.75 Å². The zero-order chi connectivity index (χ0) is 25.4. The highest BCUT2D eigenvalue weighted by Gasteiger charge is 2.48. The Morgan fingerprint density at radius 3 is 2.37 bits per heavy atom. The smallest absolute Gasteiger partial charge is 0.300 e. The first-order valence-corrected chi connectivity index (χ1v) is 12.7. The lowest BCUT2D eigenvalue weighted by atomic mass is 9.94. The molecule has 6 heteroatoms. The van der Waals surface area contributed by atoms with E-state index in [1.807, 2.05) is 69.5 Å². The van der Waals surface area contributed by atoms with Crippen molar-refractivity contribution >= 4 is 34.5 Å². The summed E-state index contributed by atoms with van der Waals surface area (Å²) in [5, 5.41) is 13.4. The summed E-state index contributed by atoms with van der Waals surface area (Å²) in [4.78, 5) is 29.2. The second-order valence-corrected chi connectivity index (χ2v) is 10.2.